The van der Waals surface area contributed by atoms with Crippen LogP contribution in [0.1, 0.15) is 23.1 Å². The van der Waals surface area contributed by atoms with E-state index in [9.17, 15) is 21.6 Å². The number of rotatable bonds is 4. The largest absolute Gasteiger partial charge is 0.340 e. The van der Waals surface area contributed by atoms with Gasteiger partial charge in [-0.1, -0.05) is 23.8 Å². The Kier molecular flexibility index (Phi) is 5.71. The number of sulfonamides is 1. The van der Waals surface area contributed by atoms with Crippen LogP contribution in [0.2, 0.25) is 0 Å². The molecule has 1 aromatic rings. The monoisotopic (exact) mass is 426 g/mol. The Balaban J connectivity index is 1.65. The average Bonchev–Trinajstić information content (AvgIpc) is 2.92. The number of allylic oxidation sites excluding steroid dienone is 1. The van der Waals surface area contributed by atoms with Gasteiger partial charge < -0.3 is 4.90 Å². The summed E-state index contributed by atoms with van der Waals surface area (Å²) < 4.78 is 50.6. The molecule has 1 atom stereocenters. The standard InChI is InChI=1S/C19H26N2O5S2/c1-14-10-15(2)19(16(3)11-14)28(25,26)21-7-5-20(6-8-21)18(22)12-17-4-9-27(23,24)13-17/h4,9-11,17H,5-8,12-13H2,1-3H3/t17-/m1/s1. The van der Waals surface area contributed by atoms with E-state index in [4.69, 9.17) is 0 Å². The lowest BCUT2D eigenvalue weighted by Crippen LogP contribution is -2.51. The van der Waals surface area contributed by atoms with E-state index in [1.165, 1.54) is 9.71 Å². The van der Waals surface area contributed by atoms with Gasteiger partial charge in [0.1, 0.15) is 0 Å². The molecule has 0 unspecified atom stereocenters. The molecule has 0 radical (unpaired) electrons. The van der Waals surface area contributed by atoms with Gasteiger partial charge in [-0.3, -0.25) is 4.79 Å². The van der Waals surface area contributed by atoms with Crippen LogP contribution in [0.3, 0.4) is 0 Å². The Bertz CT molecular complexity index is 997. The Morgan fingerprint density at radius 2 is 1.64 bits per heavy atom. The molecule has 2 aliphatic heterocycles. The van der Waals surface area contributed by atoms with Crippen molar-refractivity contribution in [2.24, 2.45) is 5.92 Å². The predicted octanol–water partition coefficient (Wildman–Crippen LogP) is 1.39. The van der Waals surface area contributed by atoms with Crippen LogP contribution >= 0.6 is 0 Å². The van der Waals surface area contributed by atoms with Gasteiger partial charge >= 0.3 is 0 Å². The number of carbonyl (C=O) groups excluding carboxylic acids is 1. The van der Waals surface area contributed by atoms with Gasteiger partial charge in [-0.15, -0.1) is 0 Å². The maximum atomic E-state index is 13.1. The first-order valence-corrected chi connectivity index (χ1v) is 12.4. The fourth-order valence-electron chi connectivity index (χ4n) is 4.00. The van der Waals surface area contributed by atoms with Gasteiger partial charge in [0.05, 0.1) is 10.6 Å². The molecular weight excluding hydrogens is 400 g/mol. The predicted molar refractivity (Wildman–Crippen MR) is 107 cm³/mol. The summed E-state index contributed by atoms with van der Waals surface area (Å²) in [6, 6.07) is 3.73. The van der Waals surface area contributed by atoms with E-state index in [0.717, 1.165) is 16.7 Å². The van der Waals surface area contributed by atoms with E-state index in [1.807, 2.05) is 19.1 Å². The highest BCUT2D eigenvalue weighted by Crippen LogP contribution is 2.26. The summed E-state index contributed by atoms with van der Waals surface area (Å²) in [4.78, 5) is 14.4. The second-order valence-corrected chi connectivity index (χ2v) is 11.4. The van der Waals surface area contributed by atoms with Crippen molar-refractivity contribution in [3.63, 3.8) is 0 Å². The molecule has 0 bridgehead atoms. The minimum absolute atomic E-state index is 0.0287. The average molecular weight is 427 g/mol. The third-order valence-electron chi connectivity index (χ3n) is 5.24. The van der Waals surface area contributed by atoms with Gasteiger partial charge in [0.25, 0.3) is 0 Å². The van der Waals surface area contributed by atoms with Crippen LogP contribution in [-0.4, -0.2) is 63.9 Å². The lowest BCUT2D eigenvalue weighted by Gasteiger charge is -2.35. The number of aryl methyl sites for hydroxylation is 3. The number of nitrogens with zero attached hydrogens (tertiary/aromatic N) is 2. The molecule has 0 spiro atoms. The Morgan fingerprint density at radius 3 is 2.14 bits per heavy atom. The van der Waals surface area contributed by atoms with Crippen LogP contribution in [0.4, 0.5) is 0 Å². The number of hydrogen-bond donors (Lipinski definition) is 0. The van der Waals surface area contributed by atoms with Gasteiger partial charge in [0.2, 0.25) is 15.9 Å². The highest BCUT2D eigenvalue weighted by molar-refractivity contribution is 7.94. The number of benzene rings is 1. The van der Waals surface area contributed by atoms with Crippen molar-refractivity contribution in [2.75, 3.05) is 31.9 Å². The van der Waals surface area contributed by atoms with Crippen molar-refractivity contribution in [1.29, 1.82) is 0 Å². The molecule has 28 heavy (non-hydrogen) atoms. The van der Waals surface area contributed by atoms with Gasteiger partial charge in [0, 0.05) is 43.9 Å². The smallest absolute Gasteiger partial charge is 0.243 e. The van der Waals surface area contributed by atoms with Gasteiger partial charge in [0.15, 0.2) is 9.84 Å². The molecule has 2 aliphatic rings. The lowest BCUT2D eigenvalue weighted by molar-refractivity contribution is -0.132. The second-order valence-electron chi connectivity index (χ2n) is 7.63. The first-order chi connectivity index (χ1) is 13.0. The van der Waals surface area contributed by atoms with Crippen molar-refractivity contribution in [1.82, 2.24) is 9.21 Å². The highest BCUT2D eigenvalue weighted by atomic mass is 32.2. The summed E-state index contributed by atoms with van der Waals surface area (Å²) in [5.74, 6) is -0.456. The zero-order valence-electron chi connectivity index (χ0n) is 16.4. The molecule has 9 heteroatoms. The molecule has 7 nitrogen and oxygen atoms in total. The summed E-state index contributed by atoms with van der Waals surface area (Å²) >= 11 is 0. The second kappa shape index (κ2) is 7.61. The van der Waals surface area contributed by atoms with Crippen LogP contribution in [0.15, 0.2) is 28.5 Å². The molecule has 1 fully saturated rings. The first-order valence-electron chi connectivity index (χ1n) is 9.26. The first kappa shape index (κ1) is 21.0. The lowest BCUT2D eigenvalue weighted by atomic mass is 10.1. The molecule has 0 N–H and O–H groups in total. The number of hydrogen-bond acceptors (Lipinski definition) is 5. The summed E-state index contributed by atoms with van der Waals surface area (Å²) in [7, 11) is -6.80. The zero-order chi connectivity index (χ0) is 20.7. The van der Waals surface area contributed by atoms with Crippen molar-refractivity contribution >= 4 is 25.8 Å². The topological polar surface area (TPSA) is 91.8 Å². The Hall–Kier alpha value is -1.71. The molecular formula is C19H26N2O5S2. The zero-order valence-corrected chi connectivity index (χ0v) is 18.0. The highest BCUT2D eigenvalue weighted by Gasteiger charge is 2.33. The molecule has 2 heterocycles. The van der Waals surface area contributed by atoms with E-state index in [-0.39, 0.29) is 37.1 Å². The van der Waals surface area contributed by atoms with Crippen LogP contribution in [-0.2, 0) is 24.7 Å². The van der Waals surface area contributed by atoms with Crippen LogP contribution < -0.4 is 0 Å². The van der Waals surface area contributed by atoms with Crippen molar-refractivity contribution in [3.8, 4) is 0 Å². The molecule has 0 saturated carbocycles. The third kappa shape index (κ3) is 4.31. The molecule has 0 aromatic heterocycles. The van der Waals surface area contributed by atoms with Gasteiger partial charge in [-0.05, 0) is 31.9 Å². The van der Waals surface area contributed by atoms with Crippen LogP contribution in [0, 0.1) is 26.7 Å². The summed E-state index contributed by atoms with van der Waals surface area (Å²) in [5.41, 5.74) is 2.47. The molecule has 1 saturated heterocycles. The summed E-state index contributed by atoms with van der Waals surface area (Å²) in [6.45, 7) is 6.63. The molecule has 3 rings (SSSR count). The molecule has 0 aliphatic carbocycles. The van der Waals surface area contributed by atoms with E-state index >= 15 is 0 Å². The van der Waals surface area contributed by atoms with E-state index < -0.39 is 19.9 Å². The quantitative estimate of drug-likeness (QED) is 0.726. The minimum atomic E-state index is -3.62. The van der Waals surface area contributed by atoms with E-state index in [1.54, 1.807) is 24.8 Å². The maximum Gasteiger partial charge on any atom is 0.243 e. The SMILES string of the molecule is Cc1cc(C)c(S(=O)(=O)N2CCN(C(=O)C[C@H]3C=CS(=O)(=O)C3)CC2)c(C)c1. The van der Waals surface area contributed by atoms with Crippen LogP contribution in [0.5, 0.6) is 0 Å². The van der Waals surface area contributed by atoms with Crippen molar-refractivity contribution < 1.29 is 21.6 Å². The number of carbonyl (C=O) groups is 1. The van der Waals surface area contributed by atoms with Gasteiger partial charge in [-0.25, -0.2) is 16.8 Å². The fourth-order valence-corrected chi connectivity index (χ4v) is 7.23. The van der Waals surface area contributed by atoms with Gasteiger partial charge in [-0.2, -0.15) is 4.31 Å². The number of amides is 1. The Morgan fingerprint density at radius 1 is 1.07 bits per heavy atom. The third-order valence-corrected chi connectivity index (χ3v) is 8.90. The minimum Gasteiger partial charge on any atom is -0.340 e. The maximum absolute atomic E-state index is 13.1. The van der Waals surface area contributed by atoms with Crippen molar-refractivity contribution in [2.45, 2.75) is 32.1 Å². The van der Waals surface area contributed by atoms with Crippen molar-refractivity contribution in [3.05, 3.63) is 40.3 Å². The normalized spacial score (nSPS) is 22.5. The molecule has 1 aromatic carbocycles. The van der Waals surface area contributed by atoms with Crippen LogP contribution in [0.25, 0.3) is 0 Å². The molecule has 1 amide bonds. The molecule has 154 valence electrons. The summed E-state index contributed by atoms with van der Waals surface area (Å²) in [6.07, 6.45) is 1.70. The Labute approximate surface area is 167 Å². The summed E-state index contributed by atoms with van der Waals surface area (Å²) in [5, 5.41) is 1.17. The van der Waals surface area contributed by atoms with E-state index in [2.05, 4.69) is 0 Å². The number of sulfone groups is 1. The fraction of sp³-hybridized carbons (Fsp3) is 0.526. The number of piperazine rings is 1. The van der Waals surface area contributed by atoms with E-state index in [0.29, 0.717) is 18.0 Å².